The molecule has 0 radical (unpaired) electrons. The quantitative estimate of drug-likeness (QED) is 0.856. The van der Waals surface area contributed by atoms with Gasteiger partial charge in [0.2, 0.25) is 5.82 Å². The van der Waals surface area contributed by atoms with Crippen LogP contribution in [0.25, 0.3) is 5.69 Å². The highest BCUT2D eigenvalue weighted by molar-refractivity contribution is 5.45. The van der Waals surface area contributed by atoms with Gasteiger partial charge in [-0.3, -0.25) is 4.57 Å². The fourth-order valence-electron chi connectivity index (χ4n) is 1.77. The fourth-order valence-corrected chi connectivity index (χ4v) is 1.77. The normalized spacial score (nSPS) is 12.1. The molecule has 0 saturated heterocycles. The topological polar surface area (TPSA) is 67.6 Å². The number of hydrogen-bond donors (Lipinski definition) is 1. The van der Waals surface area contributed by atoms with E-state index in [4.69, 9.17) is 11.0 Å². The van der Waals surface area contributed by atoms with Gasteiger partial charge in [-0.1, -0.05) is 6.07 Å². The third-order valence-electron chi connectivity index (χ3n) is 2.49. The fraction of sp³-hybridized carbons (Fsp3) is 0.167. The highest BCUT2D eigenvalue weighted by atomic mass is 19.1. The molecule has 2 aromatic rings. The molecule has 17 heavy (non-hydrogen) atoms. The molecule has 5 heteroatoms. The van der Waals surface area contributed by atoms with Crippen molar-refractivity contribution >= 4 is 0 Å². The van der Waals surface area contributed by atoms with E-state index in [-0.39, 0.29) is 11.6 Å². The van der Waals surface area contributed by atoms with Gasteiger partial charge in [0.15, 0.2) is 0 Å². The van der Waals surface area contributed by atoms with Crippen molar-refractivity contribution in [3.63, 3.8) is 0 Å². The summed E-state index contributed by atoms with van der Waals surface area (Å²) in [5.74, 6) is -0.174. The standard InChI is InChI=1S/C12H11FN4/c1-8(15)12-9(13)3-2-4-10(12)17-6-5-16-11(17)7-14/h2-6,8H,15H2,1H3/t8-/m0/s1. The van der Waals surface area contributed by atoms with Gasteiger partial charge in [0.1, 0.15) is 11.9 Å². The summed E-state index contributed by atoms with van der Waals surface area (Å²) in [6, 6.07) is 6.14. The predicted octanol–water partition coefficient (Wildman–Crippen LogP) is 1.90. The van der Waals surface area contributed by atoms with Gasteiger partial charge in [0, 0.05) is 24.0 Å². The third kappa shape index (κ3) is 1.90. The maximum Gasteiger partial charge on any atom is 0.217 e. The predicted molar refractivity (Wildman–Crippen MR) is 60.8 cm³/mol. The number of imidazole rings is 1. The molecule has 0 unspecified atom stereocenters. The van der Waals surface area contributed by atoms with Crippen LogP contribution in [0.4, 0.5) is 4.39 Å². The minimum absolute atomic E-state index is 0.206. The van der Waals surface area contributed by atoms with Crippen LogP contribution in [-0.2, 0) is 0 Å². The van der Waals surface area contributed by atoms with Crippen LogP contribution < -0.4 is 5.73 Å². The largest absolute Gasteiger partial charge is 0.324 e. The van der Waals surface area contributed by atoms with Crippen molar-refractivity contribution in [2.75, 3.05) is 0 Å². The summed E-state index contributed by atoms with van der Waals surface area (Å²) in [6.07, 6.45) is 3.10. The Morgan fingerprint density at radius 1 is 1.53 bits per heavy atom. The van der Waals surface area contributed by atoms with Gasteiger partial charge in [-0.2, -0.15) is 5.26 Å². The summed E-state index contributed by atoms with van der Waals surface area (Å²) in [4.78, 5) is 3.88. The van der Waals surface area contributed by atoms with Crippen LogP contribution in [0.3, 0.4) is 0 Å². The molecule has 0 spiro atoms. The second-order valence-corrected chi connectivity index (χ2v) is 3.69. The molecule has 1 aromatic heterocycles. The summed E-state index contributed by atoms with van der Waals surface area (Å²) >= 11 is 0. The van der Waals surface area contributed by atoms with E-state index in [0.717, 1.165) is 0 Å². The highest BCUT2D eigenvalue weighted by Gasteiger charge is 2.15. The van der Waals surface area contributed by atoms with Crippen molar-refractivity contribution in [3.05, 3.63) is 47.8 Å². The van der Waals surface area contributed by atoms with E-state index < -0.39 is 6.04 Å². The van der Waals surface area contributed by atoms with Gasteiger partial charge in [-0.15, -0.1) is 0 Å². The number of nitriles is 1. The molecular weight excluding hydrogens is 219 g/mol. The minimum atomic E-state index is -0.458. The zero-order valence-corrected chi connectivity index (χ0v) is 9.26. The molecule has 0 fully saturated rings. The molecule has 0 aliphatic rings. The van der Waals surface area contributed by atoms with Crippen LogP contribution in [0.1, 0.15) is 24.4 Å². The summed E-state index contributed by atoms with van der Waals surface area (Å²) < 4.78 is 15.3. The maximum absolute atomic E-state index is 13.7. The van der Waals surface area contributed by atoms with Crippen LogP contribution in [-0.4, -0.2) is 9.55 Å². The molecule has 4 nitrogen and oxygen atoms in total. The first-order valence-electron chi connectivity index (χ1n) is 5.13. The lowest BCUT2D eigenvalue weighted by atomic mass is 10.1. The summed E-state index contributed by atoms with van der Waals surface area (Å²) in [6.45, 7) is 1.70. The zero-order chi connectivity index (χ0) is 12.4. The maximum atomic E-state index is 13.7. The minimum Gasteiger partial charge on any atom is -0.324 e. The number of nitrogens with zero attached hydrogens (tertiary/aromatic N) is 3. The van der Waals surface area contributed by atoms with E-state index in [1.165, 1.54) is 16.8 Å². The number of hydrogen-bond acceptors (Lipinski definition) is 3. The average Bonchev–Trinajstić information content (AvgIpc) is 2.75. The van der Waals surface area contributed by atoms with Gasteiger partial charge in [0.25, 0.3) is 0 Å². The first kappa shape index (κ1) is 11.3. The molecule has 0 saturated carbocycles. The first-order valence-corrected chi connectivity index (χ1v) is 5.13. The molecule has 86 valence electrons. The van der Waals surface area contributed by atoms with E-state index in [1.54, 1.807) is 25.3 Å². The van der Waals surface area contributed by atoms with Crippen molar-refractivity contribution in [2.45, 2.75) is 13.0 Å². The van der Waals surface area contributed by atoms with Crippen molar-refractivity contribution < 1.29 is 4.39 Å². The van der Waals surface area contributed by atoms with Gasteiger partial charge >= 0.3 is 0 Å². The molecule has 1 heterocycles. The van der Waals surface area contributed by atoms with E-state index in [2.05, 4.69) is 4.98 Å². The Morgan fingerprint density at radius 2 is 2.29 bits per heavy atom. The number of benzene rings is 1. The molecule has 1 atom stereocenters. The van der Waals surface area contributed by atoms with Crippen LogP contribution >= 0.6 is 0 Å². The van der Waals surface area contributed by atoms with Gasteiger partial charge in [0.05, 0.1) is 5.69 Å². The Hall–Kier alpha value is -2.19. The van der Waals surface area contributed by atoms with Gasteiger partial charge < -0.3 is 5.73 Å². The molecule has 0 amide bonds. The average molecular weight is 230 g/mol. The second-order valence-electron chi connectivity index (χ2n) is 3.69. The lowest BCUT2D eigenvalue weighted by Gasteiger charge is -2.14. The SMILES string of the molecule is C[C@H](N)c1c(F)cccc1-n1ccnc1C#N. The smallest absolute Gasteiger partial charge is 0.217 e. The van der Waals surface area contributed by atoms with E-state index >= 15 is 0 Å². The number of nitrogens with two attached hydrogens (primary N) is 1. The van der Waals surface area contributed by atoms with Gasteiger partial charge in [-0.05, 0) is 19.1 Å². The highest BCUT2D eigenvalue weighted by Crippen LogP contribution is 2.24. The number of rotatable bonds is 2. The monoisotopic (exact) mass is 230 g/mol. The Morgan fingerprint density at radius 3 is 2.94 bits per heavy atom. The Bertz CT molecular complexity index is 580. The molecule has 0 aliphatic carbocycles. The van der Waals surface area contributed by atoms with Crippen molar-refractivity contribution in [3.8, 4) is 11.8 Å². The molecule has 2 N–H and O–H groups in total. The third-order valence-corrected chi connectivity index (χ3v) is 2.49. The first-order chi connectivity index (χ1) is 8.15. The van der Waals surface area contributed by atoms with Crippen LogP contribution in [0.15, 0.2) is 30.6 Å². The van der Waals surface area contributed by atoms with Crippen LogP contribution in [0, 0.1) is 17.1 Å². The second kappa shape index (κ2) is 4.36. The number of aromatic nitrogens is 2. The molecule has 0 bridgehead atoms. The molecule has 0 aliphatic heterocycles. The summed E-state index contributed by atoms with van der Waals surface area (Å²) in [7, 11) is 0. The zero-order valence-electron chi connectivity index (χ0n) is 9.26. The van der Waals surface area contributed by atoms with Crippen LogP contribution in [0.2, 0.25) is 0 Å². The van der Waals surface area contributed by atoms with E-state index in [9.17, 15) is 4.39 Å². The molecule has 2 rings (SSSR count). The van der Waals surface area contributed by atoms with Crippen molar-refractivity contribution in [2.24, 2.45) is 5.73 Å². The summed E-state index contributed by atoms with van der Waals surface area (Å²) in [5, 5.41) is 8.91. The Labute approximate surface area is 98.1 Å². The van der Waals surface area contributed by atoms with Crippen LogP contribution in [0.5, 0.6) is 0 Å². The Kier molecular flexibility index (Phi) is 2.90. The van der Waals surface area contributed by atoms with E-state index in [1.807, 2.05) is 6.07 Å². The lowest BCUT2D eigenvalue weighted by molar-refractivity contribution is 0.591. The van der Waals surface area contributed by atoms with E-state index in [0.29, 0.717) is 11.3 Å². The summed E-state index contributed by atoms with van der Waals surface area (Å²) in [5.41, 5.74) is 6.68. The van der Waals surface area contributed by atoms with Gasteiger partial charge in [-0.25, -0.2) is 9.37 Å². The molecular formula is C12H11FN4. The molecule has 1 aromatic carbocycles. The van der Waals surface area contributed by atoms with Crippen molar-refractivity contribution in [1.29, 1.82) is 5.26 Å². The lowest BCUT2D eigenvalue weighted by Crippen LogP contribution is -2.12. The van der Waals surface area contributed by atoms with Crippen molar-refractivity contribution in [1.82, 2.24) is 9.55 Å². The Balaban J connectivity index is 2.68. The number of halogens is 1.